The van der Waals surface area contributed by atoms with E-state index in [2.05, 4.69) is 9.97 Å². The van der Waals surface area contributed by atoms with Crippen LogP contribution in [0.3, 0.4) is 0 Å². The van der Waals surface area contributed by atoms with Crippen LogP contribution >= 0.6 is 11.8 Å². The molecule has 0 aromatic carbocycles. The third-order valence-electron chi connectivity index (χ3n) is 3.09. The maximum absolute atomic E-state index is 12.5. The molecule has 0 aliphatic heterocycles. The summed E-state index contributed by atoms with van der Waals surface area (Å²) in [6, 6.07) is 0. The van der Waals surface area contributed by atoms with E-state index in [0.717, 1.165) is 10.3 Å². The normalized spacial score (nSPS) is 11.5. The van der Waals surface area contributed by atoms with Crippen LogP contribution in [0, 0.1) is 12.8 Å². The molecule has 0 unspecified atom stereocenters. The van der Waals surface area contributed by atoms with Gasteiger partial charge in [0.15, 0.2) is 5.65 Å². The number of rotatable bonds is 4. The Morgan fingerprint density at radius 1 is 1.24 bits per heavy atom. The van der Waals surface area contributed by atoms with Crippen molar-refractivity contribution >= 4 is 22.8 Å². The Hall–Kier alpha value is -1.63. The number of thioether (sulfide) groups is 1. The zero-order valence-corrected chi connectivity index (χ0v) is 13.8. The zero-order chi connectivity index (χ0) is 15.7. The lowest BCUT2D eigenvalue weighted by Crippen LogP contribution is -2.39. The van der Waals surface area contributed by atoms with Gasteiger partial charge in [0.05, 0.1) is 0 Å². The molecular weight excluding hydrogens is 288 g/mol. The third kappa shape index (κ3) is 2.88. The standard InChI is InChI=1S/C14H20N4O2S/c1-6-21-12-10-11(15-9(4)16-12)18(7-8(2)3)14(20)17(5)13(10)19/h8H,6-7H2,1-5H3. The van der Waals surface area contributed by atoms with Crippen LogP contribution in [0.25, 0.3) is 11.0 Å². The Balaban J connectivity index is 2.96. The van der Waals surface area contributed by atoms with Gasteiger partial charge in [-0.2, -0.15) is 0 Å². The molecule has 0 bridgehead atoms. The van der Waals surface area contributed by atoms with Crippen LogP contribution in [0.2, 0.25) is 0 Å². The van der Waals surface area contributed by atoms with Gasteiger partial charge in [-0.05, 0) is 18.6 Å². The lowest BCUT2D eigenvalue weighted by molar-refractivity contribution is 0.498. The monoisotopic (exact) mass is 308 g/mol. The Morgan fingerprint density at radius 2 is 1.90 bits per heavy atom. The van der Waals surface area contributed by atoms with Gasteiger partial charge in [-0.3, -0.25) is 13.9 Å². The number of aryl methyl sites for hydroxylation is 1. The van der Waals surface area contributed by atoms with E-state index in [9.17, 15) is 9.59 Å². The highest BCUT2D eigenvalue weighted by molar-refractivity contribution is 7.99. The van der Waals surface area contributed by atoms with Crippen LogP contribution in [0.1, 0.15) is 26.6 Å². The fraction of sp³-hybridized carbons (Fsp3) is 0.571. The van der Waals surface area contributed by atoms with E-state index in [-0.39, 0.29) is 17.2 Å². The lowest BCUT2D eigenvalue weighted by atomic mass is 10.2. The van der Waals surface area contributed by atoms with Gasteiger partial charge in [-0.25, -0.2) is 14.8 Å². The molecule has 2 aromatic heterocycles. The molecule has 6 nitrogen and oxygen atoms in total. The van der Waals surface area contributed by atoms with Crippen LogP contribution in [0.5, 0.6) is 0 Å². The fourth-order valence-corrected chi connectivity index (χ4v) is 3.01. The molecule has 0 amide bonds. The SMILES string of the molecule is CCSc1nc(C)nc2c1c(=O)n(C)c(=O)n2CC(C)C. The maximum atomic E-state index is 12.5. The van der Waals surface area contributed by atoms with Gasteiger partial charge >= 0.3 is 5.69 Å². The van der Waals surface area contributed by atoms with Crippen molar-refractivity contribution < 1.29 is 0 Å². The largest absolute Gasteiger partial charge is 0.332 e. The average Bonchev–Trinajstić information content (AvgIpc) is 2.40. The van der Waals surface area contributed by atoms with Crippen molar-refractivity contribution in [3.63, 3.8) is 0 Å². The molecule has 0 aliphatic rings. The van der Waals surface area contributed by atoms with Gasteiger partial charge in [-0.15, -0.1) is 11.8 Å². The van der Waals surface area contributed by atoms with E-state index in [1.807, 2.05) is 20.8 Å². The van der Waals surface area contributed by atoms with Crippen molar-refractivity contribution in [3.05, 3.63) is 26.7 Å². The average molecular weight is 308 g/mol. The van der Waals surface area contributed by atoms with E-state index in [1.165, 1.54) is 18.8 Å². The van der Waals surface area contributed by atoms with E-state index >= 15 is 0 Å². The molecule has 0 N–H and O–H groups in total. The van der Waals surface area contributed by atoms with Crippen molar-refractivity contribution in [1.29, 1.82) is 0 Å². The van der Waals surface area contributed by atoms with Crippen LogP contribution in [0.4, 0.5) is 0 Å². The summed E-state index contributed by atoms with van der Waals surface area (Å²) < 4.78 is 2.72. The van der Waals surface area contributed by atoms with Crippen LogP contribution in [-0.4, -0.2) is 24.9 Å². The summed E-state index contributed by atoms with van der Waals surface area (Å²) in [4.78, 5) is 33.6. The van der Waals surface area contributed by atoms with E-state index < -0.39 is 0 Å². The summed E-state index contributed by atoms with van der Waals surface area (Å²) in [6.07, 6.45) is 0. The molecule has 7 heteroatoms. The molecule has 21 heavy (non-hydrogen) atoms. The van der Waals surface area contributed by atoms with Gasteiger partial charge in [0.25, 0.3) is 5.56 Å². The number of hydrogen-bond donors (Lipinski definition) is 0. The highest BCUT2D eigenvalue weighted by Gasteiger charge is 2.18. The topological polar surface area (TPSA) is 69.8 Å². The quantitative estimate of drug-likeness (QED) is 0.633. The number of aromatic nitrogens is 4. The van der Waals surface area contributed by atoms with Crippen molar-refractivity contribution in [2.75, 3.05) is 5.75 Å². The van der Waals surface area contributed by atoms with Crippen LogP contribution in [0.15, 0.2) is 14.6 Å². The molecule has 0 fully saturated rings. The summed E-state index contributed by atoms with van der Waals surface area (Å²) in [5.74, 6) is 1.66. The molecule has 0 aliphatic carbocycles. The molecule has 0 spiro atoms. The third-order valence-corrected chi connectivity index (χ3v) is 3.95. The Labute approximate surface area is 127 Å². The highest BCUT2D eigenvalue weighted by Crippen LogP contribution is 2.22. The summed E-state index contributed by atoms with van der Waals surface area (Å²) in [5, 5.41) is 1.09. The van der Waals surface area contributed by atoms with E-state index in [0.29, 0.717) is 28.4 Å². The van der Waals surface area contributed by atoms with Crippen LogP contribution < -0.4 is 11.2 Å². The highest BCUT2D eigenvalue weighted by atomic mass is 32.2. The van der Waals surface area contributed by atoms with Crippen molar-refractivity contribution in [3.8, 4) is 0 Å². The summed E-state index contributed by atoms with van der Waals surface area (Å²) in [6.45, 7) is 8.36. The maximum Gasteiger partial charge on any atom is 0.332 e. The van der Waals surface area contributed by atoms with Gasteiger partial charge in [0, 0.05) is 13.6 Å². The second-order valence-corrected chi connectivity index (χ2v) is 6.61. The van der Waals surface area contributed by atoms with E-state index in [1.54, 1.807) is 11.5 Å². The first-order valence-electron chi connectivity index (χ1n) is 6.97. The Kier molecular flexibility index (Phi) is 4.51. The molecule has 2 heterocycles. The molecule has 0 saturated carbocycles. The van der Waals surface area contributed by atoms with E-state index in [4.69, 9.17) is 0 Å². The minimum atomic E-state index is -0.328. The first kappa shape index (κ1) is 15.8. The molecule has 2 rings (SSSR count). The molecule has 2 aromatic rings. The molecule has 0 saturated heterocycles. The summed E-state index contributed by atoms with van der Waals surface area (Å²) >= 11 is 1.50. The second kappa shape index (κ2) is 6.01. The Morgan fingerprint density at radius 3 is 2.48 bits per heavy atom. The number of hydrogen-bond acceptors (Lipinski definition) is 5. The minimum Gasteiger partial charge on any atom is -0.277 e. The smallest absolute Gasteiger partial charge is 0.277 e. The second-order valence-electron chi connectivity index (χ2n) is 5.36. The minimum absolute atomic E-state index is 0.279. The van der Waals surface area contributed by atoms with Crippen molar-refractivity contribution in [2.24, 2.45) is 13.0 Å². The van der Waals surface area contributed by atoms with Gasteiger partial charge in [-0.1, -0.05) is 20.8 Å². The molecule has 0 radical (unpaired) electrons. The molecule has 114 valence electrons. The summed E-state index contributed by atoms with van der Waals surface area (Å²) in [5.41, 5.74) is -0.210. The Bertz CT molecular complexity index is 792. The van der Waals surface area contributed by atoms with Gasteiger partial charge in [0.1, 0.15) is 16.2 Å². The van der Waals surface area contributed by atoms with Crippen molar-refractivity contribution in [1.82, 2.24) is 19.1 Å². The first-order chi connectivity index (χ1) is 9.86. The molecule has 0 atom stereocenters. The predicted molar refractivity (Wildman–Crippen MR) is 85.0 cm³/mol. The van der Waals surface area contributed by atoms with Crippen LogP contribution in [-0.2, 0) is 13.6 Å². The summed E-state index contributed by atoms with van der Waals surface area (Å²) in [7, 11) is 1.50. The number of nitrogens with zero attached hydrogens (tertiary/aromatic N) is 4. The fourth-order valence-electron chi connectivity index (χ4n) is 2.21. The predicted octanol–water partition coefficient (Wildman–Crippen LogP) is 1.57. The lowest BCUT2D eigenvalue weighted by Gasteiger charge is -2.14. The first-order valence-corrected chi connectivity index (χ1v) is 7.96. The zero-order valence-electron chi connectivity index (χ0n) is 13.0. The number of fused-ring (bicyclic) bond motifs is 1. The molecular formula is C14H20N4O2S. The van der Waals surface area contributed by atoms with Gasteiger partial charge in [0.2, 0.25) is 0 Å². The van der Waals surface area contributed by atoms with Gasteiger partial charge < -0.3 is 0 Å². The van der Waals surface area contributed by atoms with Crippen molar-refractivity contribution in [2.45, 2.75) is 39.3 Å².